The first-order valence-corrected chi connectivity index (χ1v) is 10.9. The summed E-state index contributed by atoms with van der Waals surface area (Å²) in [5, 5.41) is 11.4. The van der Waals surface area contributed by atoms with Crippen LogP contribution < -0.4 is 4.74 Å². The number of hydrogen-bond donors (Lipinski definition) is 2. The highest BCUT2D eigenvalue weighted by molar-refractivity contribution is 6.46. The van der Waals surface area contributed by atoms with Gasteiger partial charge in [-0.2, -0.15) is 0 Å². The van der Waals surface area contributed by atoms with Gasteiger partial charge in [0.25, 0.3) is 11.7 Å². The van der Waals surface area contributed by atoms with Crippen molar-refractivity contribution in [2.75, 3.05) is 14.2 Å². The van der Waals surface area contributed by atoms with Gasteiger partial charge < -0.3 is 24.5 Å². The highest BCUT2D eigenvalue weighted by Crippen LogP contribution is 2.42. The van der Waals surface area contributed by atoms with E-state index in [4.69, 9.17) is 9.47 Å². The number of likely N-dealkylation sites (tertiary alicyclic amines) is 1. The zero-order valence-electron chi connectivity index (χ0n) is 19.8. The maximum Gasteiger partial charge on any atom is 0.354 e. The number of methoxy groups -OCH3 is 2. The van der Waals surface area contributed by atoms with Crippen LogP contribution in [-0.2, 0) is 20.9 Å². The molecule has 0 saturated carbocycles. The molecular weight excluding hydrogens is 450 g/mol. The Labute approximate surface area is 202 Å². The Morgan fingerprint density at radius 1 is 1.17 bits per heavy atom. The highest BCUT2D eigenvalue weighted by atomic mass is 16.5. The Hall–Kier alpha value is -4.40. The summed E-state index contributed by atoms with van der Waals surface area (Å²) in [5.74, 6) is -2.00. The highest BCUT2D eigenvalue weighted by Gasteiger charge is 2.46. The van der Waals surface area contributed by atoms with Crippen molar-refractivity contribution in [1.29, 1.82) is 0 Å². The van der Waals surface area contributed by atoms with Crippen LogP contribution in [0.1, 0.15) is 44.5 Å². The summed E-state index contributed by atoms with van der Waals surface area (Å²) >= 11 is 0. The number of H-pyrrole nitrogens is 1. The minimum atomic E-state index is -0.888. The lowest BCUT2D eigenvalue weighted by Crippen LogP contribution is -2.29. The van der Waals surface area contributed by atoms with Crippen LogP contribution in [0.25, 0.3) is 5.76 Å². The third-order valence-electron chi connectivity index (χ3n) is 6.09. The Morgan fingerprint density at radius 2 is 1.94 bits per heavy atom. The number of carbonyl (C=O) groups excluding carboxylic acids is 3. The molecule has 0 radical (unpaired) electrons. The third-order valence-corrected chi connectivity index (χ3v) is 6.09. The van der Waals surface area contributed by atoms with E-state index >= 15 is 0 Å². The maximum atomic E-state index is 13.3. The van der Waals surface area contributed by atoms with Crippen molar-refractivity contribution in [2.45, 2.75) is 26.4 Å². The summed E-state index contributed by atoms with van der Waals surface area (Å²) < 4.78 is 10.2. The molecule has 9 nitrogen and oxygen atoms in total. The Morgan fingerprint density at radius 3 is 2.60 bits per heavy atom. The Kier molecular flexibility index (Phi) is 6.42. The van der Waals surface area contributed by atoms with E-state index in [1.807, 2.05) is 0 Å². The average Bonchev–Trinajstić information content (AvgIpc) is 3.31. The van der Waals surface area contributed by atoms with E-state index in [9.17, 15) is 19.5 Å². The molecule has 1 saturated heterocycles. The number of hydrogen-bond acceptors (Lipinski definition) is 7. The first kappa shape index (κ1) is 23.7. The smallest absolute Gasteiger partial charge is 0.354 e. The van der Waals surface area contributed by atoms with E-state index in [1.54, 1.807) is 62.6 Å². The van der Waals surface area contributed by atoms with Crippen molar-refractivity contribution in [2.24, 2.45) is 0 Å². The summed E-state index contributed by atoms with van der Waals surface area (Å²) in [6.45, 7) is 3.41. The molecule has 1 aliphatic heterocycles. The molecular formula is C26H25N3O6. The number of nitrogens with one attached hydrogen (secondary N) is 1. The third kappa shape index (κ3) is 4.16. The number of amides is 1. The van der Waals surface area contributed by atoms with Gasteiger partial charge in [-0.15, -0.1) is 0 Å². The second-order valence-corrected chi connectivity index (χ2v) is 8.18. The molecule has 1 atom stereocenters. The fourth-order valence-corrected chi connectivity index (χ4v) is 4.44. The molecule has 0 bridgehead atoms. The van der Waals surface area contributed by atoms with Gasteiger partial charge in [0, 0.05) is 30.2 Å². The van der Waals surface area contributed by atoms with Crippen LogP contribution in [0.4, 0.5) is 0 Å². The average molecular weight is 476 g/mol. The Balaban J connectivity index is 1.92. The first-order chi connectivity index (χ1) is 16.8. The first-order valence-electron chi connectivity index (χ1n) is 10.9. The predicted molar refractivity (Wildman–Crippen MR) is 127 cm³/mol. The molecule has 0 spiro atoms. The summed E-state index contributed by atoms with van der Waals surface area (Å²) in [7, 11) is 2.77. The van der Waals surface area contributed by atoms with E-state index in [1.165, 1.54) is 19.1 Å². The number of rotatable bonds is 6. The van der Waals surface area contributed by atoms with Crippen LogP contribution in [-0.4, -0.2) is 51.9 Å². The zero-order valence-corrected chi connectivity index (χ0v) is 19.8. The van der Waals surface area contributed by atoms with Crippen molar-refractivity contribution in [1.82, 2.24) is 14.9 Å². The molecule has 4 rings (SSSR count). The van der Waals surface area contributed by atoms with E-state index < -0.39 is 23.7 Å². The molecule has 3 heterocycles. The van der Waals surface area contributed by atoms with Gasteiger partial charge in [0.2, 0.25) is 0 Å². The van der Waals surface area contributed by atoms with Gasteiger partial charge in [-0.25, -0.2) is 4.79 Å². The van der Waals surface area contributed by atoms with E-state index in [2.05, 4.69) is 9.97 Å². The van der Waals surface area contributed by atoms with Crippen LogP contribution >= 0.6 is 0 Å². The summed E-state index contributed by atoms with van der Waals surface area (Å²) in [4.78, 5) is 47.1. The molecule has 1 aliphatic rings. The molecule has 9 heteroatoms. The minimum Gasteiger partial charge on any atom is -0.507 e. The van der Waals surface area contributed by atoms with E-state index in [0.717, 1.165) is 5.56 Å². The molecule has 2 N–H and O–H groups in total. The maximum absolute atomic E-state index is 13.3. The quantitative estimate of drug-likeness (QED) is 0.242. The van der Waals surface area contributed by atoms with Crippen molar-refractivity contribution >= 4 is 23.4 Å². The van der Waals surface area contributed by atoms with Crippen molar-refractivity contribution in [3.05, 3.63) is 88.0 Å². The lowest BCUT2D eigenvalue weighted by atomic mass is 9.94. The van der Waals surface area contributed by atoms with Gasteiger partial charge in [0.15, 0.2) is 0 Å². The number of ketones is 1. The van der Waals surface area contributed by atoms with Crippen molar-refractivity contribution in [3.8, 4) is 5.75 Å². The van der Waals surface area contributed by atoms with Crippen molar-refractivity contribution < 1.29 is 29.0 Å². The van der Waals surface area contributed by atoms with Gasteiger partial charge in [0.1, 0.15) is 17.2 Å². The van der Waals surface area contributed by atoms with Crippen LogP contribution in [0.3, 0.4) is 0 Å². The summed E-state index contributed by atoms with van der Waals surface area (Å²) in [6.07, 6.45) is 3.23. The number of aryl methyl sites for hydroxylation is 1. The van der Waals surface area contributed by atoms with E-state index in [0.29, 0.717) is 22.6 Å². The van der Waals surface area contributed by atoms with Crippen LogP contribution in [0.5, 0.6) is 5.75 Å². The predicted octanol–water partition coefficient (Wildman–Crippen LogP) is 3.44. The monoisotopic (exact) mass is 475 g/mol. The lowest BCUT2D eigenvalue weighted by molar-refractivity contribution is -0.140. The fourth-order valence-electron chi connectivity index (χ4n) is 4.44. The van der Waals surface area contributed by atoms with Gasteiger partial charge in [0.05, 0.1) is 25.8 Å². The van der Waals surface area contributed by atoms with E-state index in [-0.39, 0.29) is 29.1 Å². The van der Waals surface area contributed by atoms with Gasteiger partial charge >= 0.3 is 5.97 Å². The molecule has 35 heavy (non-hydrogen) atoms. The summed E-state index contributed by atoms with van der Waals surface area (Å²) in [5.41, 5.74) is 2.55. The number of benzene rings is 1. The van der Waals surface area contributed by atoms with Gasteiger partial charge in [-0.1, -0.05) is 18.2 Å². The number of aliphatic hydroxyl groups is 1. The number of carbonyl (C=O) groups is 3. The molecule has 1 aromatic carbocycles. The number of pyridine rings is 1. The molecule has 1 amide bonds. The number of nitrogens with zero attached hydrogens (tertiary/aromatic N) is 2. The number of ether oxygens (including phenoxy) is 2. The lowest BCUT2D eigenvalue weighted by Gasteiger charge is -2.25. The topological polar surface area (TPSA) is 122 Å². The van der Waals surface area contributed by atoms with Crippen molar-refractivity contribution in [3.63, 3.8) is 0 Å². The Bertz CT molecular complexity index is 1340. The largest absolute Gasteiger partial charge is 0.507 e. The molecule has 0 aliphatic carbocycles. The number of aromatic amines is 1. The number of esters is 1. The second kappa shape index (κ2) is 9.46. The van der Waals surface area contributed by atoms with Crippen LogP contribution in [0, 0.1) is 13.8 Å². The molecule has 1 unspecified atom stereocenters. The molecule has 2 aromatic heterocycles. The van der Waals surface area contributed by atoms with Gasteiger partial charge in [-0.3, -0.25) is 14.6 Å². The number of aliphatic hydroxyl groups excluding tert-OH is 1. The molecule has 1 fully saturated rings. The number of Topliss-reactive ketones (excluding diaryl/α,β-unsaturated/α-hetero) is 1. The molecule has 3 aromatic rings. The second-order valence-electron chi connectivity index (χ2n) is 8.18. The van der Waals surface area contributed by atoms with Crippen LogP contribution in [0.2, 0.25) is 0 Å². The van der Waals surface area contributed by atoms with Gasteiger partial charge in [-0.05, 0) is 48.7 Å². The SMILES string of the molecule is COC(=O)c1[nH]c(C)c(/C(O)=C2\C(=O)C(=O)N(Cc3cccnc3)C2c2cccc(OC)c2)c1C. The molecule has 180 valence electrons. The summed E-state index contributed by atoms with van der Waals surface area (Å²) in [6, 6.07) is 9.64. The zero-order chi connectivity index (χ0) is 25.3. The normalized spacial score (nSPS) is 17.0. The minimum absolute atomic E-state index is 0.0752. The standard InChI is InChI=1S/C26H25N3O6/c1-14-19(15(2)28-21(14)26(33)35-4)23(30)20-22(17-8-5-9-18(11-17)34-3)29(25(32)24(20)31)13-16-7-6-10-27-12-16/h5-12,22,28,30H,13H2,1-4H3/b23-20+. The van der Waals surface area contributed by atoms with Crippen LogP contribution in [0.15, 0.2) is 54.4 Å². The fraction of sp³-hybridized carbons (Fsp3) is 0.231. The number of aromatic nitrogens is 2.